The lowest BCUT2D eigenvalue weighted by molar-refractivity contribution is -0.349. The standard InChI is InChI=1S/C19H19N3O5S.ClH/c20-11-3-4-12-27-15-9-7-14(8-10-15)22-17(13-19(23)21-24)16-5-1-2-6-18(16)28(22,25)26;/h1-2,5-10,17,24H,11-13,20H2,(H,21,23);1H. The van der Waals surface area contributed by atoms with E-state index in [1.807, 2.05) is 0 Å². The number of hydrogen-bond acceptors (Lipinski definition) is 5. The highest BCUT2D eigenvalue weighted by atomic mass is 35.5. The van der Waals surface area contributed by atoms with Gasteiger partial charge >= 0.3 is 0 Å². The first-order valence-corrected chi connectivity index (χ1v) is 9.97. The van der Waals surface area contributed by atoms with Gasteiger partial charge in [0.25, 0.3) is 10.0 Å². The van der Waals surface area contributed by atoms with Gasteiger partial charge in [0, 0.05) is 0 Å². The molecule has 1 aliphatic heterocycles. The van der Waals surface area contributed by atoms with Gasteiger partial charge < -0.3 is 22.9 Å². The first kappa shape index (κ1) is 22.5. The van der Waals surface area contributed by atoms with E-state index in [0.29, 0.717) is 23.5 Å². The highest BCUT2D eigenvalue weighted by Gasteiger charge is 2.43. The molecule has 0 fully saturated rings. The van der Waals surface area contributed by atoms with Crippen LogP contribution in [0, 0.1) is 11.8 Å². The van der Waals surface area contributed by atoms with Gasteiger partial charge in [-0.25, -0.2) is 13.9 Å². The van der Waals surface area contributed by atoms with Crippen LogP contribution in [0.5, 0.6) is 5.75 Å². The summed E-state index contributed by atoms with van der Waals surface area (Å²) in [4.78, 5) is 11.9. The smallest absolute Gasteiger partial charge is 0.265 e. The maximum absolute atomic E-state index is 13.1. The van der Waals surface area contributed by atoms with Gasteiger partial charge in [0.1, 0.15) is 18.9 Å². The van der Waals surface area contributed by atoms with Crippen LogP contribution in [0.2, 0.25) is 0 Å². The van der Waals surface area contributed by atoms with Gasteiger partial charge in [-0.2, -0.15) is 0 Å². The van der Waals surface area contributed by atoms with Crippen molar-refractivity contribution in [2.75, 3.05) is 17.5 Å². The van der Waals surface area contributed by atoms with Crippen LogP contribution in [0.25, 0.3) is 0 Å². The maximum atomic E-state index is 13.1. The number of rotatable bonds is 5. The summed E-state index contributed by atoms with van der Waals surface area (Å²) in [5.41, 5.74) is 6.08. The van der Waals surface area contributed by atoms with Crippen LogP contribution in [-0.2, 0) is 14.8 Å². The zero-order valence-corrected chi connectivity index (χ0v) is 16.9. The predicted octanol–water partition coefficient (Wildman–Crippen LogP) is -2.54. The lowest BCUT2D eigenvalue weighted by Gasteiger charge is -2.25. The minimum absolute atomic E-state index is 0. The minimum atomic E-state index is -3.84. The molecule has 0 radical (unpaired) electrons. The van der Waals surface area contributed by atoms with E-state index in [4.69, 9.17) is 9.94 Å². The van der Waals surface area contributed by atoms with E-state index in [1.54, 1.807) is 47.9 Å². The molecular weight excluding hydrogens is 418 g/mol. The second-order valence-electron chi connectivity index (χ2n) is 5.98. The van der Waals surface area contributed by atoms with Crippen molar-refractivity contribution in [3.63, 3.8) is 0 Å². The molecule has 2 aromatic carbocycles. The summed E-state index contributed by atoms with van der Waals surface area (Å²) in [6, 6.07) is 12.3. The number of nitrogens with zero attached hydrogens (tertiary/aromatic N) is 1. The summed E-state index contributed by atoms with van der Waals surface area (Å²) < 4.78 is 32.8. The van der Waals surface area contributed by atoms with Crippen LogP contribution >= 0.6 is 0 Å². The third-order valence-corrected chi connectivity index (χ3v) is 6.16. The van der Waals surface area contributed by atoms with Crippen LogP contribution < -0.4 is 32.7 Å². The number of carbonyl (C=O) groups is 1. The van der Waals surface area contributed by atoms with E-state index in [9.17, 15) is 13.2 Å². The number of hydroxylamine groups is 1. The van der Waals surface area contributed by atoms with Crippen molar-refractivity contribution in [3.05, 3.63) is 54.1 Å². The molecule has 154 valence electrons. The number of sulfonamides is 1. The number of benzene rings is 2. The van der Waals surface area contributed by atoms with Gasteiger partial charge in [0.05, 0.1) is 23.0 Å². The molecule has 1 unspecified atom stereocenters. The molecule has 5 N–H and O–H groups in total. The quantitative estimate of drug-likeness (QED) is 0.270. The zero-order chi connectivity index (χ0) is 20.1. The lowest BCUT2D eigenvalue weighted by Crippen LogP contribution is -3.00. The molecule has 1 heterocycles. The number of carbonyl (C=O) groups excluding carboxylic acids is 1. The SMILES string of the molecule is [Cl-].[NH3+]CC#CCOc1ccc(N2C(CC(=O)NO)c3ccccc3S2(=O)=O)cc1. The molecule has 29 heavy (non-hydrogen) atoms. The average molecular weight is 438 g/mol. The predicted molar refractivity (Wildman–Crippen MR) is 101 cm³/mol. The summed E-state index contributed by atoms with van der Waals surface area (Å²) in [7, 11) is -3.84. The molecule has 0 spiro atoms. The molecule has 0 bridgehead atoms. The van der Waals surface area contributed by atoms with E-state index < -0.39 is 22.0 Å². The van der Waals surface area contributed by atoms with Gasteiger partial charge in [0.15, 0.2) is 0 Å². The van der Waals surface area contributed by atoms with Gasteiger partial charge in [-0.1, -0.05) is 24.1 Å². The molecule has 2 aromatic rings. The Morgan fingerprint density at radius 1 is 1.17 bits per heavy atom. The number of anilines is 1. The van der Waals surface area contributed by atoms with Crippen LogP contribution in [0.3, 0.4) is 0 Å². The summed E-state index contributed by atoms with van der Waals surface area (Å²) in [6.07, 6.45) is -0.217. The number of halogens is 1. The van der Waals surface area contributed by atoms with Gasteiger partial charge in [-0.05, 0) is 41.8 Å². The molecule has 0 saturated heterocycles. The summed E-state index contributed by atoms with van der Waals surface area (Å²) in [6.45, 7) is 0.708. The van der Waals surface area contributed by atoms with Crippen LogP contribution in [-0.4, -0.2) is 32.7 Å². The molecule has 10 heteroatoms. The Kier molecular flexibility index (Phi) is 7.47. The highest BCUT2D eigenvalue weighted by Crippen LogP contribution is 2.44. The van der Waals surface area contributed by atoms with E-state index in [1.165, 1.54) is 10.4 Å². The summed E-state index contributed by atoms with van der Waals surface area (Å²) >= 11 is 0. The topological polar surface area (TPSA) is 124 Å². The molecule has 3 rings (SSSR count). The Balaban J connectivity index is 0.00000300. The minimum Gasteiger partial charge on any atom is -1.00 e. The van der Waals surface area contributed by atoms with E-state index in [-0.39, 0.29) is 30.3 Å². The van der Waals surface area contributed by atoms with Crippen molar-refractivity contribution < 1.29 is 41.3 Å². The number of nitrogens with one attached hydrogen (secondary N) is 1. The molecular formula is C19H20ClN3O5S. The maximum Gasteiger partial charge on any atom is 0.265 e. The Labute approximate surface area is 175 Å². The van der Waals surface area contributed by atoms with E-state index in [2.05, 4.69) is 17.6 Å². The first-order chi connectivity index (χ1) is 13.5. The van der Waals surface area contributed by atoms with Gasteiger partial charge in [0.2, 0.25) is 5.91 Å². The van der Waals surface area contributed by atoms with E-state index >= 15 is 0 Å². The van der Waals surface area contributed by atoms with Crippen LogP contribution in [0.4, 0.5) is 5.69 Å². The number of amides is 1. The molecule has 0 aliphatic carbocycles. The fraction of sp³-hybridized carbons (Fsp3) is 0.211. The lowest BCUT2D eigenvalue weighted by atomic mass is 10.0. The number of quaternary nitrogens is 1. The fourth-order valence-electron chi connectivity index (χ4n) is 3.07. The highest BCUT2D eigenvalue weighted by molar-refractivity contribution is 7.93. The molecule has 1 atom stereocenters. The third-order valence-electron chi connectivity index (χ3n) is 4.25. The Morgan fingerprint density at radius 2 is 1.86 bits per heavy atom. The molecule has 0 aromatic heterocycles. The number of hydrogen-bond donors (Lipinski definition) is 3. The van der Waals surface area contributed by atoms with Crippen molar-refractivity contribution >= 4 is 21.6 Å². The average Bonchev–Trinajstić information content (AvgIpc) is 2.93. The third kappa shape index (κ3) is 4.63. The normalized spacial score (nSPS) is 16.1. The van der Waals surface area contributed by atoms with Gasteiger partial charge in [-0.15, -0.1) is 0 Å². The Hall–Kier alpha value is -2.77. The fourth-order valence-corrected chi connectivity index (χ4v) is 4.96. The number of ether oxygens (including phenoxy) is 1. The van der Waals surface area contributed by atoms with Crippen molar-refractivity contribution in [2.45, 2.75) is 17.4 Å². The molecule has 1 amide bonds. The molecule has 0 saturated carbocycles. The Morgan fingerprint density at radius 3 is 2.52 bits per heavy atom. The van der Waals surface area contributed by atoms with Crippen molar-refractivity contribution in [3.8, 4) is 17.6 Å². The van der Waals surface area contributed by atoms with Crippen molar-refractivity contribution in [2.24, 2.45) is 0 Å². The van der Waals surface area contributed by atoms with Crippen molar-refractivity contribution in [1.82, 2.24) is 5.48 Å². The number of fused-ring (bicyclic) bond motifs is 1. The molecule has 1 aliphatic rings. The van der Waals surface area contributed by atoms with Crippen LogP contribution in [0.1, 0.15) is 18.0 Å². The second kappa shape index (κ2) is 9.62. The Bertz CT molecular complexity index is 1030. The summed E-state index contributed by atoms with van der Waals surface area (Å²) in [5, 5.41) is 8.89. The van der Waals surface area contributed by atoms with Crippen molar-refractivity contribution in [1.29, 1.82) is 0 Å². The molecule has 8 nitrogen and oxygen atoms in total. The zero-order valence-electron chi connectivity index (χ0n) is 15.3. The second-order valence-corrected chi connectivity index (χ2v) is 7.76. The van der Waals surface area contributed by atoms with Crippen LogP contribution in [0.15, 0.2) is 53.4 Å². The van der Waals surface area contributed by atoms with Gasteiger partial charge in [-0.3, -0.25) is 14.3 Å². The largest absolute Gasteiger partial charge is 1.00 e. The van der Waals surface area contributed by atoms with E-state index in [0.717, 1.165) is 0 Å². The summed E-state index contributed by atoms with van der Waals surface area (Å²) in [5.74, 6) is 5.46. The first-order valence-electron chi connectivity index (χ1n) is 8.53. The monoisotopic (exact) mass is 437 g/mol.